The largest absolute Gasteiger partial charge is 0.378 e. The number of carbonyl (C=O) groups excluding carboxylic acids is 2. The molecular formula is C22H26F2N10O3. The van der Waals surface area contributed by atoms with Crippen LogP contribution in [0.1, 0.15) is 13.0 Å². The van der Waals surface area contributed by atoms with Crippen LogP contribution in [0.5, 0.6) is 0 Å². The molecule has 13 nitrogen and oxygen atoms in total. The highest BCUT2D eigenvalue weighted by atomic mass is 19.3. The summed E-state index contributed by atoms with van der Waals surface area (Å²) >= 11 is 0. The molecule has 37 heavy (non-hydrogen) atoms. The fourth-order valence-corrected chi connectivity index (χ4v) is 4.31. The van der Waals surface area contributed by atoms with Crippen LogP contribution in [0.15, 0.2) is 31.4 Å². The number of hydrogen-bond donors (Lipinski definition) is 2. The van der Waals surface area contributed by atoms with Crippen molar-refractivity contribution in [1.29, 1.82) is 0 Å². The molecule has 15 heteroatoms. The number of nitrogens with zero attached hydrogens (tertiary/aromatic N) is 8. The number of rotatable bonds is 8. The standard InChI is InChI=1S/C22H26F2N10O3/c1-2-17(36)32-4-3-14(11-32)28-16(35)10-25-19-18-20(30-22(29-19)31-5-7-37-8-6-31)33(13-26-18)15-9-27-34(12-15)21(23)24/h2,9,12-14,21H,1,3-8,10-11H2,(H,28,35)(H,25,29,30)/t14-/m1/s1. The van der Waals surface area contributed by atoms with E-state index in [0.717, 1.165) is 0 Å². The Labute approximate surface area is 210 Å². The Kier molecular flexibility index (Phi) is 6.94. The molecule has 5 rings (SSSR count). The molecule has 5 heterocycles. The highest BCUT2D eigenvalue weighted by Gasteiger charge is 2.26. The van der Waals surface area contributed by atoms with E-state index >= 15 is 0 Å². The number of anilines is 2. The minimum absolute atomic E-state index is 0.0866. The van der Waals surface area contributed by atoms with E-state index in [1.54, 1.807) is 9.47 Å². The maximum atomic E-state index is 13.1. The van der Waals surface area contributed by atoms with Crippen molar-refractivity contribution in [3.05, 3.63) is 31.4 Å². The van der Waals surface area contributed by atoms with Gasteiger partial charge in [0.1, 0.15) is 6.33 Å². The molecule has 2 amide bonds. The molecule has 0 aromatic carbocycles. The van der Waals surface area contributed by atoms with Crippen molar-refractivity contribution >= 4 is 34.7 Å². The zero-order valence-electron chi connectivity index (χ0n) is 19.9. The van der Waals surface area contributed by atoms with Gasteiger partial charge in [-0.2, -0.15) is 23.8 Å². The average Bonchev–Trinajstić information content (AvgIpc) is 3.66. The second kappa shape index (κ2) is 10.5. The topological polar surface area (TPSA) is 135 Å². The molecule has 3 aromatic heterocycles. The van der Waals surface area contributed by atoms with Crippen LogP contribution in [0.2, 0.25) is 0 Å². The van der Waals surface area contributed by atoms with Crippen molar-refractivity contribution in [1.82, 2.24) is 39.5 Å². The zero-order valence-corrected chi connectivity index (χ0v) is 19.9. The lowest BCUT2D eigenvalue weighted by molar-refractivity contribution is -0.125. The molecule has 0 unspecified atom stereocenters. The minimum atomic E-state index is -2.78. The van der Waals surface area contributed by atoms with Crippen molar-refractivity contribution in [2.75, 3.05) is 56.2 Å². The number of halogens is 2. The molecule has 2 aliphatic rings. The fourth-order valence-electron chi connectivity index (χ4n) is 4.31. The molecule has 2 N–H and O–H groups in total. The van der Waals surface area contributed by atoms with Gasteiger partial charge in [-0.3, -0.25) is 14.2 Å². The molecule has 1 atom stereocenters. The highest BCUT2D eigenvalue weighted by Crippen LogP contribution is 2.26. The van der Waals surface area contributed by atoms with Crippen LogP contribution in [-0.4, -0.2) is 98.0 Å². The molecule has 0 bridgehead atoms. The van der Waals surface area contributed by atoms with Crippen molar-refractivity contribution in [3.8, 4) is 5.69 Å². The molecule has 3 aromatic rings. The molecule has 0 radical (unpaired) electrons. The normalized spacial score (nSPS) is 18.0. The predicted octanol–water partition coefficient (Wildman–Crippen LogP) is 0.559. The molecule has 2 fully saturated rings. The molecule has 196 valence electrons. The Morgan fingerprint density at radius 2 is 2.05 bits per heavy atom. The van der Waals surface area contributed by atoms with E-state index < -0.39 is 6.55 Å². The first kappa shape index (κ1) is 24.5. The van der Waals surface area contributed by atoms with Gasteiger partial charge in [0.15, 0.2) is 17.0 Å². The van der Waals surface area contributed by atoms with E-state index in [0.29, 0.717) is 79.1 Å². The van der Waals surface area contributed by atoms with Gasteiger partial charge in [-0.05, 0) is 12.5 Å². The van der Waals surface area contributed by atoms with E-state index in [1.807, 2.05) is 4.90 Å². The summed E-state index contributed by atoms with van der Waals surface area (Å²) in [6, 6.07) is -0.155. The molecule has 0 saturated carbocycles. The number of carbonyl (C=O) groups is 2. The Balaban J connectivity index is 1.37. The maximum absolute atomic E-state index is 13.1. The number of amides is 2. The maximum Gasteiger partial charge on any atom is 0.333 e. The minimum Gasteiger partial charge on any atom is -0.378 e. The van der Waals surface area contributed by atoms with Crippen molar-refractivity contribution < 1.29 is 23.1 Å². The number of alkyl halides is 2. The number of likely N-dealkylation sites (tertiary alicyclic amines) is 1. The molecule has 0 aliphatic carbocycles. The van der Waals surface area contributed by atoms with Crippen LogP contribution < -0.4 is 15.5 Å². The number of ether oxygens (including phenoxy) is 1. The zero-order chi connectivity index (χ0) is 25.9. The Morgan fingerprint density at radius 1 is 1.24 bits per heavy atom. The summed E-state index contributed by atoms with van der Waals surface area (Å²) in [5.74, 6) is 0.298. The van der Waals surface area contributed by atoms with Gasteiger partial charge >= 0.3 is 6.55 Å². The Morgan fingerprint density at radius 3 is 2.78 bits per heavy atom. The van der Waals surface area contributed by atoms with Crippen LogP contribution >= 0.6 is 0 Å². The monoisotopic (exact) mass is 516 g/mol. The number of aromatic nitrogens is 6. The van der Waals surface area contributed by atoms with E-state index in [4.69, 9.17) is 4.74 Å². The van der Waals surface area contributed by atoms with E-state index in [9.17, 15) is 18.4 Å². The first-order valence-corrected chi connectivity index (χ1v) is 11.8. The third kappa shape index (κ3) is 5.21. The molecule has 0 spiro atoms. The first-order valence-electron chi connectivity index (χ1n) is 11.8. The smallest absolute Gasteiger partial charge is 0.333 e. The summed E-state index contributed by atoms with van der Waals surface area (Å²) < 4.78 is 33.6. The van der Waals surface area contributed by atoms with Gasteiger partial charge < -0.3 is 25.2 Å². The van der Waals surface area contributed by atoms with E-state index in [-0.39, 0.29) is 24.4 Å². The van der Waals surface area contributed by atoms with Crippen LogP contribution in [0, 0.1) is 0 Å². The van der Waals surface area contributed by atoms with E-state index in [2.05, 4.69) is 37.3 Å². The number of imidazole rings is 1. The quantitative estimate of drug-likeness (QED) is 0.412. The SMILES string of the molecule is C=CC(=O)N1CC[C@@H](NC(=O)CNc2nc(N3CCOCC3)nc3c2ncn3-c2cnn(C(F)F)c2)C1. The molecule has 2 saturated heterocycles. The highest BCUT2D eigenvalue weighted by molar-refractivity contribution is 5.89. The van der Waals surface area contributed by atoms with Gasteiger partial charge in [0.25, 0.3) is 0 Å². The van der Waals surface area contributed by atoms with Crippen LogP contribution in [0.3, 0.4) is 0 Å². The number of nitrogens with one attached hydrogen (secondary N) is 2. The van der Waals surface area contributed by atoms with Gasteiger partial charge in [0.2, 0.25) is 17.8 Å². The van der Waals surface area contributed by atoms with Gasteiger partial charge in [0.05, 0.1) is 37.8 Å². The van der Waals surface area contributed by atoms with Crippen molar-refractivity contribution in [2.24, 2.45) is 0 Å². The average molecular weight is 517 g/mol. The van der Waals surface area contributed by atoms with Crippen LogP contribution in [-0.2, 0) is 14.3 Å². The lowest BCUT2D eigenvalue weighted by atomic mass is 10.2. The van der Waals surface area contributed by atoms with Gasteiger partial charge in [0, 0.05) is 32.2 Å². The second-order valence-electron chi connectivity index (χ2n) is 8.61. The third-order valence-corrected chi connectivity index (χ3v) is 6.20. The van der Waals surface area contributed by atoms with Crippen molar-refractivity contribution in [3.63, 3.8) is 0 Å². The summed E-state index contributed by atoms with van der Waals surface area (Å²) in [5.41, 5.74) is 1.11. The number of morpholine rings is 1. The molecular weight excluding hydrogens is 490 g/mol. The Bertz CT molecular complexity index is 1300. The predicted molar refractivity (Wildman–Crippen MR) is 129 cm³/mol. The lowest BCUT2D eigenvalue weighted by Gasteiger charge is -2.27. The van der Waals surface area contributed by atoms with Gasteiger partial charge in [-0.25, -0.2) is 9.67 Å². The lowest BCUT2D eigenvalue weighted by Crippen LogP contribution is -2.41. The summed E-state index contributed by atoms with van der Waals surface area (Å²) in [6.45, 7) is 3.78. The van der Waals surface area contributed by atoms with Crippen LogP contribution in [0.25, 0.3) is 16.9 Å². The number of hydrogen-bond acceptors (Lipinski definition) is 9. The first-order chi connectivity index (χ1) is 17.9. The van der Waals surface area contributed by atoms with Gasteiger partial charge in [-0.1, -0.05) is 6.58 Å². The van der Waals surface area contributed by atoms with Crippen molar-refractivity contribution in [2.45, 2.75) is 19.0 Å². The third-order valence-electron chi connectivity index (χ3n) is 6.20. The molecule has 2 aliphatic heterocycles. The number of fused-ring (bicyclic) bond motifs is 1. The second-order valence-corrected chi connectivity index (χ2v) is 8.61. The fraction of sp³-hybridized carbons (Fsp3) is 0.455. The Hall–Kier alpha value is -4.14. The summed E-state index contributed by atoms with van der Waals surface area (Å²) in [4.78, 5) is 41.6. The van der Waals surface area contributed by atoms with Crippen LogP contribution in [0.4, 0.5) is 20.5 Å². The van der Waals surface area contributed by atoms with E-state index in [1.165, 1.54) is 24.8 Å². The summed E-state index contributed by atoms with van der Waals surface area (Å²) in [5, 5.41) is 9.65. The summed E-state index contributed by atoms with van der Waals surface area (Å²) in [7, 11) is 0. The van der Waals surface area contributed by atoms with Gasteiger partial charge in [-0.15, -0.1) is 0 Å². The summed E-state index contributed by atoms with van der Waals surface area (Å²) in [6.07, 6.45) is 5.86.